The second-order valence-electron chi connectivity index (χ2n) is 7.24. The van der Waals surface area contributed by atoms with Gasteiger partial charge in [0.15, 0.2) is 0 Å². The second-order valence-corrected chi connectivity index (χ2v) is 7.68. The minimum Gasteiger partial charge on any atom is -0.481 e. The largest absolute Gasteiger partial charge is 0.481 e. The summed E-state index contributed by atoms with van der Waals surface area (Å²) in [6.45, 7) is 1.76. The molecule has 2 atom stereocenters. The summed E-state index contributed by atoms with van der Waals surface area (Å²) in [4.78, 5) is 35.3. The predicted molar refractivity (Wildman–Crippen MR) is 108 cm³/mol. The van der Waals surface area contributed by atoms with Gasteiger partial charge in [0.05, 0.1) is 6.42 Å². The Bertz CT molecular complexity index is 687. The van der Waals surface area contributed by atoms with Crippen molar-refractivity contribution in [3.8, 4) is 0 Å². The molecule has 1 aromatic rings. The summed E-state index contributed by atoms with van der Waals surface area (Å²) in [6.07, 6.45) is 3.20. The number of carbonyl (C=O) groups excluding carboxylic acids is 2. The third-order valence-corrected chi connectivity index (χ3v) is 5.30. The van der Waals surface area contributed by atoms with E-state index in [9.17, 15) is 19.5 Å². The maximum absolute atomic E-state index is 12.3. The van der Waals surface area contributed by atoms with Gasteiger partial charge in [0.2, 0.25) is 0 Å². The molecule has 2 rings (SSSR count). The van der Waals surface area contributed by atoms with E-state index >= 15 is 0 Å². The van der Waals surface area contributed by atoms with E-state index in [1.807, 2.05) is 0 Å². The quantitative estimate of drug-likeness (QED) is 0.446. The number of rotatable bonds is 9. The first kappa shape index (κ1) is 23.0. The zero-order valence-electron chi connectivity index (χ0n) is 16.6. The lowest BCUT2D eigenvalue weighted by Gasteiger charge is -2.29. The van der Waals surface area contributed by atoms with Gasteiger partial charge >= 0.3 is 18.0 Å². The maximum atomic E-state index is 12.3. The van der Waals surface area contributed by atoms with Crippen molar-refractivity contribution in [3.05, 3.63) is 34.9 Å². The van der Waals surface area contributed by atoms with E-state index in [-0.39, 0.29) is 25.3 Å². The van der Waals surface area contributed by atoms with Gasteiger partial charge in [-0.25, -0.2) is 4.79 Å². The minimum absolute atomic E-state index is 0.0175. The van der Waals surface area contributed by atoms with Crippen LogP contribution < -0.4 is 5.32 Å². The Morgan fingerprint density at radius 2 is 1.79 bits per heavy atom. The number of hydrogen-bond donors (Lipinski definition) is 2. The van der Waals surface area contributed by atoms with Crippen molar-refractivity contribution in [2.75, 3.05) is 6.54 Å². The topological polar surface area (TPSA) is 102 Å². The molecule has 0 spiro atoms. The molecule has 0 heterocycles. The SMILES string of the molecule is CCC(=O)OC(OC(=O)NC[C@H](CC(=O)O)c1ccc(Cl)cc1)C1CCCCC1. The molecule has 1 aliphatic carbocycles. The number of carboxylic acid groups (broad SMARTS) is 1. The Labute approximate surface area is 175 Å². The molecule has 7 nitrogen and oxygen atoms in total. The number of esters is 1. The molecule has 0 saturated heterocycles. The first-order valence-electron chi connectivity index (χ1n) is 10.00. The zero-order valence-corrected chi connectivity index (χ0v) is 17.3. The van der Waals surface area contributed by atoms with Gasteiger partial charge in [0.1, 0.15) is 0 Å². The summed E-state index contributed by atoms with van der Waals surface area (Å²) in [5.74, 6) is -1.85. The van der Waals surface area contributed by atoms with Crippen LogP contribution >= 0.6 is 11.6 Å². The Balaban J connectivity index is 1.97. The average molecular weight is 426 g/mol. The van der Waals surface area contributed by atoms with E-state index < -0.39 is 30.2 Å². The number of alkyl carbamates (subject to hydrolysis) is 1. The third-order valence-electron chi connectivity index (χ3n) is 5.05. The van der Waals surface area contributed by atoms with Gasteiger partial charge in [-0.1, -0.05) is 49.9 Å². The number of carboxylic acids is 1. The summed E-state index contributed by atoms with van der Waals surface area (Å²) < 4.78 is 10.8. The molecule has 0 bridgehead atoms. The van der Waals surface area contributed by atoms with Gasteiger partial charge < -0.3 is 19.9 Å². The van der Waals surface area contributed by atoms with Crippen LogP contribution in [0.5, 0.6) is 0 Å². The fraction of sp³-hybridized carbons (Fsp3) is 0.571. The number of benzene rings is 1. The number of ether oxygens (including phenoxy) is 2. The Hall–Kier alpha value is -2.28. The first-order chi connectivity index (χ1) is 13.9. The molecule has 1 unspecified atom stereocenters. The summed E-state index contributed by atoms with van der Waals surface area (Å²) in [5.41, 5.74) is 0.748. The molecule has 1 saturated carbocycles. The van der Waals surface area contributed by atoms with Crippen molar-refractivity contribution in [1.29, 1.82) is 0 Å². The molecule has 160 valence electrons. The van der Waals surface area contributed by atoms with Crippen molar-refractivity contribution in [2.45, 2.75) is 64.1 Å². The monoisotopic (exact) mass is 425 g/mol. The highest BCUT2D eigenvalue weighted by Crippen LogP contribution is 2.29. The van der Waals surface area contributed by atoms with Crippen molar-refractivity contribution >= 4 is 29.6 Å². The van der Waals surface area contributed by atoms with Crippen LogP contribution in [0.2, 0.25) is 5.02 Å². The highest BCUT2D eigenvalue weighted by Gasteiger charge is 2.30. The highest BCUT2D eigenvalue weighted by atomic mass is 35.5. The number of hydrogen-bond acceptors (Lipinski definition) is 5. The molecular weight excluding hydrogens is 398 g/mol. The summed E-state index contributed by atoms with van der Waals surface area (Å²) in [6, 6.07) is 6.81. The van der Waals surface area contributed by atoms with Crippen molar-refractivity contribution in [3.63, 3.8) is 0 Å². The average Bonchev–Trinajstić information content (AvgIpc) is 2.71. The van der Waals surface area contributed by atoms with Gasteiger partial charge in [-0.05, 0) is 30.5 Å². The van der Waals surface area contributed by atoms with Gasteiger partial charge in [-0.3, -0.25) is 9.59 Å². The Morgan fingerprint density at radius 1 is 1.14 bits per heavy atom. The molecular formula is C21H28ClNO6. The Kier molecular flexibility index (Phi) is 9.25. The van der Waals surface area contributed by atoms with E-state index in [0.717, 1.165) is 37.7 Å². The number of carbonyl (C=O) groups is 3. The fourth-order valence-corrected chi connectivity index (χ4v) is 3.57. The molecule has 1 aromatic carbocycles. The van der Waals surface area contributed by atoms with Crippen LogP contribution in [-0.4, -0.2) is 36.0 Å². The van der Waals surface area contributed by atoms with Gasteiger partial charge in [-0.2, -0.15) is 0 Å². The highest BCUT2D eigenvalue weighted by molar-refractivity contribution is 6.30. The number of amides is 1. The summed E-state index contributed by atoms with van der Waals surface area (Å²) >= 11 is 5.89. The fourth-order valence-electron chi connectivity index (χ4n) is 3.44. The van der Waals surface area contributed by atoms with Crippen LogP contribution in [0.25, 0.3) is 0 Å². The smallest absolute Gasteiger partial charge is 0.410 e. The Morgan fingerprint density at radius 3 is 2.38 bits per heavy atom. The number of halogens is 1. The van der Waals surface area contributed by atoms with E-state index in [2.05, 4.69) is 5.32 Å². The molecule has 0 radical (unpaired) electrons. The lowest BCUT2D eigenvalue weighted by Crippen LogP contribution is -2.38. The lowest BCUT2D eigenvalue weighted by molar-refractivity contribution is -0.178. The third kappa shape index (κ3) is 7.93. The van der Waals surface area contributed by atoms with Crippen LogP contribution in [0.1, 0.15) is 63.4 Å². The second kappa shape index (κ2) is 11.7. The number of aliphatic carboxylic acids is 1. The molecule has 2 N–H and O–H groups in total. The van der Waals surface area contributed by atoms with Crippen molar-refractivity contribution < 1.29 is 29.0 Å². The van der Waals surface area contributed by atoms with Gasteiger partial charge in [0, 0.05) is 29.8 Å². The van der Waals surface area contributed by atoms with Crippen molar-refractivity contribution in [2.24, 2.45) is 5.92 Å². The normalized spacial score (nSPS) is 16.5. The van der Waals surface area contributed by atoms with Crippen LogP contribution in [0.3, 0.4) is 0 Å². The molecule has 1 aliphatic rings. The number of nitrogens with one attached hydrogen (secondary N) is 1. The van der Waals surface area contributed by atoms with Crippen LogP contribution in [0.4, 0.5) is 4.79 Å². The molecule has 1 amide bonds. The van der Waals surface area contributed by atoms with E-state index in [1.54, 1.807) is 31.2 Å². The van der Waals surface area contributed by atoms with Gasteiger partial charge in [-0.15, -0.1) is 0 Å². The standard InChI is InChI=1S/C21H28ClNO6/c1-2-19(26)28-20(15-6-4-3-5-7-15)29-21(27)23-13-16(12-18(24)25)14-8-10-17(22)11-9-14/h8-11,15-16,20H,2-7,12-13H2,1H3,(H,23,27)(H,24,25)/t16-,20?/m0/s1. The zero-order chi connectivity index (χ0) is 21.2. The molecule has 0 aliphatic heterocycles. The minimum atomic E-state index is -0.975. The summed E-state index contributed by atoms with van der Waals surface area (Å²) in [5, 5.41) is 12.3. The van der Waals surface area contributed by atoms with Crippen molar-refractivity contribution in [1.82, 2.24) is 5.32 Å². The lowest BCUT2D eigenvalue weighted by atomic mass is 9.89. The van der Waals surface area contributed by atoms with Gasteiger partial charge in [0.25, 0.3) is 6.29 Å². The van der Waals surface area contributed by atoms with E-state index in [4.69, 9.17) is 21.1 Å². The molecule has 0 aromatic heterocycles. The summed E-state index contributed by atoms with van der Waals surface area (Å²) in [7, 11) is 0. The first-order valence-corrected chi connectivity index (χ1v) is 10.4. The molecule has 8 heteroatoms. The van der Waals surface area contributed by atoms with Crippen LogP contribution in [0, 0.1) is 5.92 Å². The maximum Gasteiger partial charge on any atom is 0.410 e. The molecule has 1 fully saturated rings. The van der Waals surface area contributed by atoms with E-state index in [1.165, 1.54) is 0 Å². The predicted octanol–water partition coefficient (Wildman–Crippen LogP) is 4.48. The molecule has 29 heavy (non-hydrogen) atoms. The van der Waals surface area contributed by atoms with Crippen LogP contribution in [0.15, 0.2) is 24.3 Å². The van der Waals surface area contributed by atoms with E-state index in [0.29, 0.717) is 5.02 Å². The van der Waals surface area contributed by atoms with Crippen LogP contribution in [-0.2, 0) is 19.1 Å².